The van der Waals surface area contributed by atoms with Crippen molar-refractivity contribution in [1.82, 2.24) is 9.78 Å². The summed E-state index contributed by atoms with van der Waals surface area (Å²) in [6, 6.07) is 0. The molecule has 0 saturated carbocycles. The number of hydrogen-bond donors (Lipinski definition) is 1. The van der Waals surface area contributed by atoms with Crippen LogP contribution in [0.5, 0.6) is 0 Å². The Balaban J connectivity index is 0.000000500. The molecule has 2 rings (SSSR count). The van der Waals surface area contributed by atoms with Gasteiger partial charge in [-0.25, -0.2) is 4.68 Å². The smallest absolute Gasteiger partial charge is 0.138 e. The van der Waals surface area contributed by atoms with E-state index in [0.29, 0.717) is 0 Å². The van der Waals surface area contributed by atoms with Crippen molar-refractivity contribution in [2.75, 3.05) is 11.9 Å². The van der Waals surface area contributed by atoms with Crippen LogP contribution in [0.2, 0.25) is 0 Å². The number of aromatic nitrogens is 2. The van der Waals surface area contributed by atoms with Gasteiger partial charge in [-0.1, -0.05) is 0 Å². The maximum Gasteiger partial charge on any atom is 0.138 e. The monoisotopic (exact) mass is 267 g/mol. The highest BCUT2D eigenvalue weighted by molar-refractivity contribution is 9.10. The van der Waals surface area contributed by atoms with Gasteiger partial charge >= 0.3 is 0 Å². The number of fused-ring (bicyclic) bond motifs is 1. The van der Waals surface area contributed by atoms with Crippen LogP contribution in [0.25, 0.3) is 0 Å². The number of halogens is 2. The Bertz CT molecular complexity index is 233. The van der Waals surface area contributed by atoms with Crippen LogP contribution in [0.4, 0.5) is 5.82 Å². The lowest BCUT2D eigenvalue weighted by Gasteiger charge is -1.90. The van der Waals surface area contributed by atoms with E-state index in [0.717, 1.165) is 23.4 Å². The van der Waals surface area contributed by atoms with Gasteiger partial charge < -0.3 is 5.32 Å². The molecule has 0 aliphatic carbocycles. The fourth-order valence-electron chi connectivity index (χ4n) is 0.988. The van der Waals surface area contributed by atoms with Gasteiger partial charge in [0.25, 0.3) is 0 Å². The molecule has 1 aliphatic rings. The Hall–Kier alpha value is -0.0300. The molecule has 0 unspecified atom stereocenters. The summed E-state index contributed by atoms with van der Waals surface area (Å²) in [6.45, 7) is 1.99. The molecule has 0 atom stereocenters. The van der Waals surface area contributed by atoms with Gasteiger partial charge in [0.15, 0.2) is 0 Å². The Morgan fingerprint density at radius 1 is 1.70 bits per heavy atom. The van der Waals surface area contributed by atoms with Gasteiger partial charge in [-0.15, -0.1) is 17.0 Å². The molecule has 1 N–H and O–H groups in total. The molecule has 2 heterocycles. The zero-order chi connectivity index (χ0) is 6.27. The van der Waals surface area contributed by atoms with Gasteiger partial charge in [-0.3, -0.25) is 0 Å². The molecule has 0 amide bonds. The van der Waals surface area contributed by atoms with Gasteiger partial charge in [0.2, 0.25) is 0 Å². The van der Waals surface area contributed by atoms with E-state index in [1.54, 1.807) is 0 Å². The minimum Gasteiger partial charge on any atom is -0.367 e. The average molecular weight is 269 g/mol. The quantitative estimate of drug-likeness (QED) is 0.776. The van der Waals surface area contributed by atoms with E-state index in [9.17, 15) is 0 Å². The molecule has 0 bridgehead atoms. The summed E-state index contributed by atoms with van der Waals surface area (Å²) in [6.07, 6.45) is 1.81. The molecule has 0 radical (unpaired) electrons. The van der Waals surface area contributed by atoms with Crippen molar-refractivity contribution in [3.8, 4) is 0 Å². The molecular weight excluding hydrogens is 262 g/mol. The molecule has 1 aromatic rings. The van der Waals surface area contributed by atoms with Crippen LogP contribution in [-0.2, 0) is 6.54 Å². The highest BCUT2D eigenvalue weighted by Gasteiger charge is 2.12. The van der Waals surface area contributed by atoms with Gasteiger partial charge in [-0.05, 0) is 15.9 Å². The van der Waals surface area contributed by atoms with Crippen LogP contribution in [0.15, 0.2) is 10.7 Å². The van der Waals surface area contributed by atoms with Gasteiger partial charge in [0.05, 0.1) is 17.2 Å². The molecule has 3 nitrogen and oxygen atoms in total. The van der Waals surface area contributed by atoms with Gasteiger partial charge in [-0.2, -0.15) is 5.10 Å². The van der Waals surface area contributed by atoms with E-state index in [4.69, 9.17) is 0 Å². The topological polar surface area (TPSA) is 29.9 Å². The van der Waals surface area contributed by atoms with E-state index in [-0.39, 0.29) is 17.0 Å². The first-order valence-electron chi connectivity index (χ1n) is 2.83. The Labute approximate surface area is 77.7 Å². The molecule has 1 aliphatic heterocycles. The number of anilines is 1. The zero-order valence-corrected chi connectivity index (χ0v) is 8.47. The average Bonchev–Trinajstić information content (AvgIpc) is 2.35. The maximum atomic E-state index is 4.10. The predicted molar refractivity (Wildman–Crippen MR) is 48.7 cm³/mol. The fourth-order valence-corrected chi connectivity index (χ4v) is 1.42. The highest BCUT2D eigenvalue weighted by Crippen LogP contribution is 2.23. The Kier molecular flexibility index (Phi) is 2.36. The third-order valence-electron chi connectivity index (χ3n) is 1.41. The van der Waals surface area contributed by atoms with Gasteiger partial charge in [0.1, 0.15) is 5.82 Å². The van der Waals surface area contributed by atoms with Crippen molar-refractivity contribution in [2.24, 2.45) is 0 Å². The molecule has 0 fully saturated rings. The molecule has 0 spiro atoms. The summed E-state index contributed by atoms with van der Waals surface area (Å²) < 4.78 is 3.00. The van der Waals surface area contributed by atoms with Crippen LogP contribution >= 0.6 is 32.9 Å². The van der Waals surface area contributed by atoms with Crippen molar-refractivity contribution in [3.05, 3.63) is 10.7 Å². The number of nitrogens with one attached hydrogen (secondary N) is 1. The summed E-state index contributed by atoms with van der Waals surface area (Å²) >= 11 is 3.37. The van der Waals surface area contributed by atoms with Crippen molar-refractivity contribution >= 4 is 38.7 Å². The lowest BCUT2D eigenvalue weighted by molar-refractivity contribution is 0.696. The lowest BCUT2D eigenvalue weighted by Crippen LogP contribution is -1.94. The second-order valence-electron chi connectivity index (χ2n) is 1.99. The SMILES string of the molecule is Br.Brc1cnn2c1NCC2. The lowest BCUT2D eigenvalue weighted by atomic mass is 10.6. The largest absolute Gasteiger partial charge is 0.367 e. The van der Waals surface area contributed by atoms with E-state index >= 15 is 0 Å². The van der Waals surface area contributed by atoms with E-state index in [1.165, 1.54) is 0 Å². The standard InChI is InChI=1S/C5H6BrN3.BrH/c6-4-3-8-9-2-1-7-5(4)9;/h3,7H,1-2H2;1H. The highest BCUT2D eigenvalue weighted by atomic mass is 79.9. The predicted octanol–water partition coefficient (Wildman–Crippen LogP) is 1.65. The van der Waals surface area contributed by atoms with E-state index in [1.807, 2.05) is 10.9 Å². The zero-order valence-electron chi connectivity index (χ0n) is 5.17. The van der Waals surface area contributed by atoms with Crippen LogP contribution in [-0.4, -0.2) is 16.3 Å². The Morgan fingerprint density at radius 2 is 2.50 bits per heavy atom. The van der Waals surface area contributed by atoms with Crippen molar-refractivity contribution in [2.45, 2.75) is 6.54 Å². The molecule has 56 valence electrons. The van der Waals surface area contributed by atoms with Crippen LogP contribution in [0.3, 0.4) is 0 Å². The van der Waals surface area contributed by atoms with E-state index in [2.05, 4.69) is 26.3 Å². The molecular formula is C5H7Br2N3. The normalized spacial score (nSPS) is 13.7. The second-order valence-corrected chi connectivity index (χ2v) is 2.85. The number of hydrogen-bond acceptors (Lipinski definition) is 2. The number of rotatable bonds is 0. The first-order valence-corrected chi connectivity index (χ1v) is 3.62. The van der Waals surface area contributed by atoms with Crippen LogP contribution < -0.4 is 5.32 Å². The number of nitrogens with zero attached hydrogens (tertiary/aromatic N) is 2. The summed E-state index contributed by atoms with van der Waals surface area (Å²) in [5.41, 5.74) is 0. The van der Waals surface area contributed by atoms with Crippen LogP contribution in [0, 0.1) is 0 Å². The minimum atomic E-state index is 0. The summed E-state index contributed by atoms with van der Waals surface area (Å²) in [4.78, 5) is 0. The molecule has 5 heteroatoms. The van der Waals surface area contributed by atoms with Crippen LogP contribution in [0.1, 0.15) is 0 Å². The first-order chi connectivity index (χ1) is 4.38. The van der Waals surface area contributed by atoms with Crippen molar-refractivity contribution < 1.29 is 0 Å². The van der Waals surface area contributed by atoms with Crippen molar-refractivity contribution in [3.63, 3.8) is 0 Å². The summed E-state index contributed by atoms with van der Waals surface area (Å²) in [7, 11) is 0. The second kappa shape index (κ2) is 2.92. The Morgan fingerprint density at radius 3 is 3.20 bits per heavy atom. The summed E-state index contributed by atoms with van der Waals surface area (Å²) in [5, 5.41) is 7.31. The third-order valence-corrected chi connectivity index (χ3v) is 1.99. The minimum absolute atomic E-state index is 0. The van der Waals surface area contributed by atoms with Gasteiger partial charge in [0, 0.05) is 6.54 Å². The fraction of sp³-hybridized carbons (Fsp3) is 0.400. The maximum absolute atomic E-state index is 4.10. The third kappa shape index (κ3) is 1.08. The molecule has 10 heavy (non-hydrogen) atoms. The van der Waals surface area contributed by atoms with E-state index < -0.39 is 0 Å². The first kappa shape index (κ1) is 8.07. The van der Waals surface area contributed by atoms with Crippen molar-refractivity contribution in [1.29, 1.82) is 0 Å². The molecule has 0 aromatic carbocycles. The molecule has 0 saturated heterocycles. The molecule has 1 aromatic heterocycles. The summed E-state index contributed by atoms with van der Waals surface area (Å²) in [5.74, 6) is 1.11.